The van der Waals surface area contributed by atoms with Gasteiger partial charge in [-0.25, -0.2) is 0 Å². The van der Waals surface area contributed by atoms with Crippen LogP contribution in [0.25, 0.3) is 116 Å². The molecule has 310 valence electrons. The molecule has 0 saturated heterocycles. The zero-order valence-electron chi connectivity index (χ0n) is 35.7. The van der Waals surface area contributed by atoms with E-state index in [1.807, 2.05) is 30.3 Å². The van der Waals surface area contributed by atoms with Crippen molar-refractivity contribution < 1.29 is 8.83 Å². The van der Waals surface area contributed by atoms with Crippen LogP contribution in [0.15, 0.2) is 239 Å². The van der Waals surface area contributed by atoms with Crippen LogP contribution in [0.5, 0.6) is 0 Å². The lowest BCUT2D eigenvalue weighted by molar-refractivity contribution is 0.668. The average molecular weight is 854 g/mol. The van der Waals surface area contributed by atoms with E-state index in [0.29, 0.717) is 0 Å². The highest BCUT2D eigenvalue weighted by Crippen LogP contribution is 2.40. The monoisotopic (exact) mass is 853 g/mol. The normalized spacial score (nSPS) is 11.3. The van der Waals surface area contributed by atoms with E-state index in [1.165, 1.54) is 44.1 Å². The van der Waals surface area contributed by atoms with E-state index >= 15 is 0 Å². The topological polar surface area (TPSA) is 31.2 Å². The third-order valence-corrected chi connectivity index (χ3v) is 12.5. The fourth-order valence-corrected chi connectivity index (χ4v) is 9.32. The van der Waals surface area contributed by atoms with E-state index in [2.05, 4.69) is 212 Å². The molecule has 0 atom stereocenters. The zero-order chi connectivity index (χ0) is 42.6. The quantitative estimate of drug-likeness (QED) is 0.173. The highest BCUT2D eigenvalue weighted by atomic mass is 32.1. The molecule has 0 saturated carbocycles. The summed E-state index contributed by atoms with van der Waals surface area (Å²) in [7, 11) is 0. The first-order valence-electron chi connectivity index (χ1n) is 21.8. The summed E-state index contributed by atoms with van der Waals surface area (Å²) in [6, 6.07) is 81.9. The number of benzene rings is 10. The van der Waals surface area contributed by atoms with Gasteiger partial charge in [-0.3, -0.25) is 0 Å². The molecule has 13 rings (SSSR count). The summed E-state index contributed by atoms with van der Waals surface area (Å²) in [5, 5.41) is 6.95. The van der Waals surface area contributed by atoms with E-state index in [9.17, 15) is 0 Å². The van der Waals surface area contributed by atoms with Gasteiger partial charge in [0.2, 0.25) is 0 Å². The lowest BCUT2D eigenvalue weighted by Crippen LogP contribution is -1.93. The molecule has 3 aromatic heterocycles. The van der Waals surface area contributed by atoms with Gasteiger partial charge in [0.05, 0.1) is 11.0 Å². The number of nitrogens with zero attached hydrogens (tertiary/aromatic N) is 1. The van der Waals surface area contributed by atoms with Crippen molar-refractivity contribution in [3.05, 3.63) is 236 Å². The number of furan rings is 2. The summed E-state index contributed by atoms with van der Waals surface area (Å²) in [4.78, 5) is 0. The molecule has 0 bridgehead atoms. The van der Waals surface area contributed by atoms with Crippen LogP contribution in [-0.2, 0) is 0 Å². The molecule has 3 nitrogen and oxygen atoms in total. The number of hydrogen-bond acceptors (Lipinski definition) is 2. The predicted molar refractivity (Wildman–Crippen MR) is 279 cm³/mol. The molecule has 0 amide bonds. The minimum Gasteiger partial charge on any atom is -0.456 e. The van der Waals surface area contributed by atoms with Crippen LogP contribution in [0.1, 0.15) is 5.56 Å². The molecular formula is C61H43NO2S. The first kappa shape index (κ1) is 39.8. The molecule has 0 aliphatic rings. The van der Waals surface area contributed by atoms with Gasteiger partial charge in [-0.05, 0) is 130 Å². The van der Waals surface area contributed by atoms with E-state index in [4.69, 9.17) is 8.83 Å². The van der Waals surface area contributed by atoms with E-state index in [0.717, 1.165) is 77.4 Å². The molecule has 0 N–H and O–H groups in total. The number of aryl methyl sites for hydroxylation is 1. The van der Waals surface area contributed by atoms with Crippen molar-refractivity contribution in [1.29, 1.82) is 0 Å². The highest BCUT2D eigenvalue weighted by Gasteiger charge is 2.17. The molecule has 13 aromatic rings. The lowest BCUT2D eigenvalue weighted by Gasteiger charge is -2.09. The molecule has 0 unspecified atom stereocenters. The minimum absolute atomic E-state index is 0. The second kappa shape index (κ2) is 16.6. The van der Waals surface area contributed by atoms with Crippen LogP contribution in [0.2, 0.25) is 0 Å². The van der Waals surface area contributed by atoms with Gasteiger partial charge >= 0.3 is 0 Å². The maximum Gasteiger partial charge on any atom is 0.135 e. The van der Waals surface area contributed by atoms with Crippen LogP contribution >= 0.6 is 13.5 Å². The van der Waals surface area contributed by atoms with E-state index in [-0.39, 0.29) is 13.5 Å². The number of fused-ring (bicyclic) bond motifs is 9. The Morgan fingerprint density at radius 2 is 0.708 bits per heavy atom. The molecule has 4 heteroatoms. The maximum absolute atomic E-state index is 6.42. The van der Waals surface area contributed by atoms with Crippen molar-refractivity contribution in [1.82, 2.24) is 4.57 Å². The standard InChI is InChI=1S/C54H33NO2.C7H8.H2S/c1-3-10-34(11-4-1)37-19-24-49-45(29-37)43-23-18-41(33-50(43)55(49)42-14-5-2-6-15-42)40-22-27-54-48(32-40)47-31-39(21-26-53(47)57-54)36-13-9-12-35(28-36)38-20-25-52-46(30-38)44-16-7-8-17-51(44)56-52;1-7-5-3-2-4-6-7;/h1-33H;2-6H,1H3;1H2. The van der Waals surface area contributed by atoms with Crippen molar-refractivity contribution in [2.24, 2.45) is 0 Å². The second-order valence-electron chi connectivity index (χ2n) is 16.6. The molecule has 0 aliphatic carbocycles. The number of para-hydroxylation sites is 2. The molecule has 0 aliphatic heterocycles. The predicted octanol–water partition coefficient (Wildman–Crippen LogP) is 17.4. The summed E-state index contributed by atoms with van der Waals surface area (Å²) in [6.07, 6.45) is 0. The first-order chi connectivity index (χ1) is 31.6. The Labute approximate surface area is 383 Å². The van der Waals surface area contributed by atoms with Crippen molar-refractivity contribution in [2.75, 3.05) is 0 Å². The Morgan fingerprint density at radius 3 is 1.31 bits per heavy atom. The Morgan fingerprint density at radius 1 is 0.277 bits per heavy atom. The van der Waals surface area contributed by atoms with Gasteiger partial charge in [0.25, 0.3) is 0 Å². The molecular weight excluding hydrogens is 811 g/mol. The molecule has 65 heavy (non-hydrogen) atoms. The van der Waals surface area contributed by atoms with E-state index in [1.54, 1.807) is 0 Å². The summed E-state index contributed by atoms with van der Waals surface area (Å²) in [6.45, 7) is 2.08. The third-order valence-electron chi connectivity index (χ3n) is 12.5. The Balaban J connectivity index is 0.000000539. The van der Waals surface area contributed by atoms with Crippen molar-refractivity contribution in [3.63, 3.8) is 0 Å². The molecule has 3 heterocycles. The minimum atomic E-state index is 0. The van der Waals surface area contributed by atoms with Gasteiger partial charge in [-0.2, -0.15) is 13.5 Å². The maximum atomic E-state index is 6.42. The van der Waals surface area contributed by atoms with Crippen molar-refractivity contribution >= 4 is 79.2 Å². The number of hydrogen-bond donors (Lipinski definition) is 0. The van der Waals surface area contributed by atoms with Crippen LogP contribution in [-0.4, -0.2) is 4.57 Å². The Kier molecular flexibility index (Phi) is 10.1. The van der Waals surface area contributed by atoms with E-state index < -0.39 is 0 Å². The molecule has 0 radical (unpaired) electrons. The second-order valence-corrected chi connectivity index (χ2v) is 16.6. The fourth-order valence-electron chi connectivity index (χ4n) is 9.32. The summed E-state index contributed by atoms with van der Waals surface area (Å²) in [5.74, 6) is 0. The van der Waals surface area contributed by atoms with Gasteiger partial charge < -0.3 is 13.4 Å². The van der Waals surface area contributed by atoms with Gasteiger partial charge in [-0.15, -0.1) is 0 Å². The zero-order valence-corrected chi connectivity index (χ0v) is 36.7. The van der Waals surface area contributed by atoms with Crippen LogP contribution in [0.3, 0.4) is 0 Å². The summed E-state index contributed by atoms with van der Waals surface area (Å²) in [5.41, 5.74) is 17.8. The molecule has 10 aromatic carbocycles. The summed E-state index contributed by atoms with van der Waals surface area (Å²) < 4.78 is 14.9. The first-order valence-corrected chi connectivity index (χ1v) is 21.8. The Hall–Kier alpha value is -8.05. The van der Waals surface area contributed by atoms with Crippen LogP contribution in [0, 0.1) is 6.92 Å². The molecule has 0 fully saturated rings. The fraction of sp³-hybridized carbons (Fsp3) is 0.0164. The lowest BCUT2D eigenvalue weighted by atomic mass is 9.96. The van der Waals surface area contributed by atoms with Gasteiger partial charge in [0, 0.05) is 38.0 Å². The van der Waals surface area contributed by atoms with Crippen LogP contribution < -0.4 is 0 Å². The van der Waals surface area contributed by atoms with Gasteiger partial charge in [0.15, 0.2) is 0 Å². The average Bonchev–Trinajstić information content (AvgIpc) is 4.03. The molecule has 0 spiro atoms. The van der Waals surface area contributed by atoms with Gasteiger partial charge in [0.1, 0.15) is 22.3 Å². The van der Waals surface area contributed by atoms with Crippen molar-refractivity contribution in [3.8, 4) is 50.2 Å². The van der Waals surface area contributed by atoms with Crippen LogP contribution in [0.4, 0.5) is 0 Å². The highest BCUT2D eigenvalue weighted by molar-refractivity contribution is 7.59. The SMILES string of the molecule is Cc1ccccc1.S.c1ccc(-c2ccc3c(c2)c2ccc(-c4ccc5oc6ccc(-c7cccc(-c8ccc9oc%10ccccc%10c9c8)c7)cc6c5c4)cc2n3-c2ccccc2)cc1. The Bertz CT molecular complexity index is 3840. The largest absolute Gasteiger partial charge is 0.456 e. The summed E-state index contributed by atoms with van der Waals surface area (Å²) >= 11 is 0. The third kappa shape index (κ3) is 7.24. The van der Waals surface area contributed by atoms with Crippen molar-refractivity contribution in [2.45, 2.75) is 6.92 Å². The van der Waals surface area contributed by atoms with Gasteiger partial charge in [-0.1, -0.05) is 157 Å². The number of aromatic nitrogens is 1. The number of rotatable bonds is 5. The smallest absolute Gasteiger partial charge is 0.135 e.